The summed E-state index contributed by atoms with van der Waals surface area (Å²) in [5.41, 5.74) is 6.00. The maximum Gasteiger partial charge on any atom is 0.156 e. The third kappa shape index (κ3) is 2.71. The third-order valence-corrected chi connectivity index (χ3v) is 2.93. The van der Waals surface area contributed by atoms with Crippen molar-refractivity contribution >= 4 is 16.6 Å². The summed E-state index contributed by atoms with van der Waals surface area (Å²) in [7, 11) is 0. The van der Waals surface area contributed by atoms with Crippen molar-refractivity contribution in [3.63, 3.8) is 0 Å². The Morgan fingerprint density at radius 1 is 1.29 bits per heavy atom. The van der Waals surface area contributed by atoms with E-state index in [2.05, 4.69) is 29.4 Å². The Morgan fingerprint density at radius 3 is 2.82 bits per heavy atom. The van der Waals surface area contributed by atoms with Crippen LogP contribution in [-0.2, 0) is 0 Å². The van der Waals surface area contributed by atoms with Gasteiger partial charge in [0.15, 0.2) is 5.82 Å². The van der Waals surface area contributed by atoms with Crippen molar-refractivity contribution in [3.8, 4) is 0 Å². The minimum atomic E-state index is 0.121. The Balaban J connectivity index is 2.19. The van der Waals surface area contributed by atoms with Gasteiger partial charge in [-0.1, -0.05) is 38.1 Å². The first-order chi connectivity index (χ1) is 8.18. The summed E-state index contributed by atoms with van der Waals surface area (Å²) in [5.74, 6) is 1.25. The van der Waals surface area contributed by atoms with E-state index in [1.807, 2.05) is 24.3 Å². The molecule has 2 rings (SSSR count). The molecule has 0 saturated carbocycles. The number of hydrogen-bond donors (Lipinski definition) is 2. The van der Waals surface area contributed by atoms with Crippen LogP contribution in [0, 0.1) is 5.92 Å². The molecule has 1 atom stereocenters. The lowest BCUT2D eigenvalue weighted by Gasteiger charge is -2.16. The topological polar surface area (TPSA) is 63.8 Å². The molecule has 0 aliphatic heterocycles. The van der Waals surface area contributed by atoms with Crippen molar-refractivity contribution in [1.82, 2.24) is 10.2 Å². The molecule has 0 radical (unpaired) electrons. The highest BCUT2D eigenvalue weighted by atomic mass is 15.2. The van der Waals surface area contributed by atoms with E-state index in [0.29, 0.717) is 12.5 Å². The smallest absolute Gasteiger partial charge is 0.156 e. The second-order valence-corrected chi connectivity index (χ2v) is 4.57. The van der Waals surface area contributed by atoms with E-state index < -0.39 is 0 Å². The van der Waals surface area contributed by atoms with Crippen molar-refractivity contribution in [3.05, 3.63) is 30.5 Å². The van der Waals surface area contributed by atoms with Crippen LogP contribution in [0.4, 0.5) is 5.82 Å². The molecule has 4 nitrogen and oxygen atoms in total. The van der Waals surface area contributed by atoms with Gasteiger partial charge in [0.05, 0.1) is 6.20 Å². The molecule has 0 fully saturated rings. The zero-order valence-corrected chi connectivity index (χ0v) is 10.2. The number of nitrogens with two attached hydrogens (primary N) is 1. The summed E-state index contributed by atoms with van der Waals surface area (Å²) in [4.78, 5) is 0. The van der Waals surface area contributed by atoms with Gasteiger partial charge in [-0.3, -0.25) is 0 Å². The number of nitrogens with zero attached hydrogens (tertiary/aromatic N) is 2. The van der Waals surface area contributed by atoms with Crippen LogP contribution < -0.4 is 11.1 Å². The highest BCUT2D eigenvalue weighted by Gasteiger charge is 2.08. The lowest BCUT2D eigenvalue weighted by molar-refractivity contribution is 0.511. The number of rotatable bonds is 4. The van der Waals surface area contributed by atoms with E-state index in [1.165, 1.54) is 0 Å². The van der Waals surface area contributed by atoms with Crippen LogP contribution in [0.2, 0.25) is 0 Å². The molecule has 1 aromatic heterocycles. The quantitative estimate of drug-likeness (QED) is 0.843. The van der Waals surface area contributed by atoms with Gasteiger partial charge in [-0.25, -0.2) is 0 Å². The van der Waals surface area contributed by atoms with Gasteiger partial charge in [0.2, 0.25) is 0 Å². The van der Waals surface area contributed by atoms with Gasteiger partial charge in [-0.15, -0.1) is 5.10 Å². The Morgan fingerprint density at radius 2 is 2.06 bits per heavy atom. The molecule has 4 heteroatoms. The summed E-state index contributed by atoms with van der Waals surface area (Å²) in [6.07, 6.45) is 1.77. The zero-order chi connectivity index (χ0) is 12.3. The normalized spacial score (nSPS) is 12.9. The first-order valence-corrected chi connectivity index (χ1v) is 5.88. The molecule has 2 aromatic rings. The van der Waals surface area contributed by atoms with Gasteiger partial charge in [-0.05, 0) is 5.92 Å². The van der Waals surface area contributed by atoms with E-state index in [-0.39, 0.29) is 6.04 Å². The fraction of sp³-hybridized carbons (Fsp3) is 0.385. The molecule has 90 valence electrons. The molecule has 0 spiro atoms. The summed E-state index contributed by atoms with van der Waals surface area (Å²) in [6.45, 7) is 4.93. The largest absolute Gasteiger partial charge is 0.366 e. The van der Waals surface area contributed by atoms with E-state index in [9.17, 15) is 0 Å². The average molecular weight is 230 g/mol. The molecular formula is C13H18N4. The van der Waals surface area contributed by atoms with E-state index in [1.54, 1.807) is 6.20 Å². The molecule has 17 heavy (non-hydrogen) atoms. The number of fused-ring (bicyclic) bond motifs is 1. The Kier molecular flexibility index (Phi) is 3.54. The standard InChI is InChI=1S/C13H18N4/c1-9(2)12(14)8-15-13-11-6-4-3-5-10(11)7-16-17-13/h3-7,9,12H,8,14H2,1-2H3,(H,15,17). The lowest BCUT2D eigenvalue weighted by Crippen LogP contribution is -2.34. The zero-order valence-electron chi connectivity index (χ0n) is 10.2. The monoisotopic (exact) mass is 230 g/mol. The van der Waals surface area contributed by atoms with Crippen LogP contribution in [-0.4, -0.2) is 22.8 Å². The molecule has 0 bridgehead atoms. The predicted octanol–water partition coefficient (Wildman–Crippen LogP) is 2.02. The second-order valence-electron chi connectivity index (χ2n) is 4.57. The fourth-order valence-corrected chi connectivity index (χ4v) is 1.61. The minimum Gasteiger partial charge on any atom is -0.366 e. The second kappa shape index (κ2) is 5.10. The molecule has 0 aliphatic carbocycles. The molecule has 0 amide bonds. The van der Waals surface area contributed by atoms with E-state index in [0.717, 1.165) is 16.6 Å². The van der Waals surface area contributed by atoms with Crippen LogP contribution in [0.3, 0.4) is 0 Å². The summed E-state index contributed by atoms with van der Waals surface area (Å²) in [6, 6.07) is 8.17. The Labute approximate surface area is 101 Å². The van der Waals surface area contributed by atoms with Crippen molar-refractivity contribution in [1.29, 1.82) is 0 Å². The van der Waals surface area contributed by atoms with Crippen molar-refractivity contribution in [2.24, 2.45) is 11.7 Å². The highest BCUT2D eigenvalue weighted by Crippen LogP contribution is 2.19. The number of aromatic nitrogens is 2. The van der Waals surface area contributed by atoms with Gasteiger partial charge < -0.3 is 11.1 Å². The van der Waals surface area contributed by atoms with Crippen LogP contribution in [0.1, 0.15) is 13.8 Å². The fourth-order valence-electron chi connectivity index (χ4n) is 1.61. The van der Waals surface area contributed by atoms with Crippen LogP contribution in [0.5, 0.6) is 0 Å². The van der Waals surface area contributed by atoms with Gasteiger partial charge in [0.1, 0.15) is 0 Å². The first kappa shape index (κ1) is 11.8. The maximum atomic E-state index is 6.00. The molecule has 0 saturated heterocycles. The summed E-state index contributed by atoms with van der Waals surface area (Å²) < 4.78 is 0. The summed E-state index contributed by atoms with van der Waals surface area (Å²) in [5, 5.41) is 13.5. The number of nitrogens with one attached hydrogen (secondary N) is 1. The average Bonchev–Trinajstić information content (AvgIpc) is 2.35. The van der Waals surface area contributed by atoms with Crippen molar-refractivity contribution < 1.29 is 0 Å². The molecule has 0 aliphatic rings. The first-order valence-electron chi connectivity index (χ1n) is 5.88. The van der Waals surface area contributed by atoms with Crippen LogP contribution in [0.15, 0.2) is 30.5 Å². The van der Waals surface area contributed by atoms with Crippen LogP contribution >= 0.6 is 0 Å². The molecule has 1 aromatic carbocycles. The van der Waals surface area contributed by atoms with Crippen LogP contribution in [0.25, 0.3) is 10.8 Å². The third-order valence-electron chi connectivity index (χ3n) is 2.93. The molecule has 1 heterocycles. The number of anilines is 1. The van der Waals surface area contributed by atoms with E-state index >= 15 is 0 Å². The molecule has 1 unspecified atom stereocenters. The van der Waals surface area contributed by atoms with Gasteiger partial charge >= 0.3 is 0 Å². The highest BCUT2D eigenvalue weighted by molar-refractivity contribution is 5.90. The Hall–Kier alpha value is -1.68. The van der Waals surface area contributed by atoms with Gasteiger partial charge in [0.25, 0.3) is 0 Å². The maximum absolute atomic E-state index is 6.00. The van der Waals surface area contributed by atoms with Gasteiger partial charge in [-0.2, -0.15) is 5.10 Å². The number of hydrogen-bond acceptors (Lipinski definition) is 4. The molecular weight excluding hydrogens is 212 g/mol. The number of benzene rings is 1. The SMILES string of the molecule is CC(C)C(N)CNc1nncc2ccccc12. The lowest BCUT2D eigenvalue weighted by atomic mass is 10.1. The molecule has 3 N–H and O–H groups in total. The Bertz CT molecular complexity index is 490. The predicted molar refractivity (Wildman–Crippen MR) is 70.8 cm³/mol. The van der Waals surface area contributed by atoms with Gasteiger partial charge in [0, 0.05) is 23.4 Å². The minimum absolute atomic E-state index is 0.121. The van der Waals surface area contributed by atoms with Crippen molar-refractivity contribution in [2.45, 2.75) is 19.9 Å². The van der Waals surface area contributed by atoms with Crippen molar-refractivity contribution in [2.75, 3.05) is 11.9 Å². The van der Waals surface area contributed by atoms with E-state index in [4.69, 9.17) is 5.73 Å². The summed E-state index contributed by atoms with van der Waals surface area (Å²) >= 11 is 0.